The first kappa shape index (κ1) is 28.8. The van der Waals surface area contributed by atoms with Gasteiger partial charge in [0, 0.05) is 47.9 Å². The molecule has 1 amide bonds. The zero-order valence-electron chi connectivity index (χ0n) is 23.0. The number of halogens is 4. The third-order valence-corrected chi connectivity index (χ3v) is 7.46. The first-order valence-electron chi connectivity index (χ1n) is 13.0. The van der Waals surface area contributed by atoms with Crippen LogP contribution in [0.4, 0.5) is 17.6 Å². The maximum atomic E-state index is 14.7. The summed E-state index contributed by atoms with van der Waals surface area (Å²) in [6.07, 6.45) is -0.439. The van der Waals surface area contributed by atoms with E-state index < -0.39 is 41.8 Å². The maximum Gasteiger partial charge on any atom is 0.251 e. The van der Waals surface area contributed by atoms with E-state index >= 15 is 0 Å². The number of nitrogens with zero attached hydrogens (tertiary/aromatic N) is 1. The topological polar surface area (TPSA) is 85.9 Å². The molecule has 0 radical (unpaired) electrons. The zero-order chi connectivity index (χ0) is 30.1. The standard InChI is InChI=1S/C32H27F4N3O3/c1-16-24-10-17(21-9-6-20(33)14-29(21)36)4-7-22(24)30(41-2)23-8-5-18(11-25(16)23)32(40)38-15-26-27(34)12-19(13-28(26)35)31(37)39-42-3/h4-14,16,30H,15H2,1-3H3,(H2,37,39)(H,38,40)/t16-,30+/m1/s1. The number of carbonyl (C=O) groups is 1. The molecule has 0 aliphatic heterocycles. The van der Waals surface area contributed by atoms with Crippen molar-refractivity contribution >= 4 is 11.7 Å². The van der Waals surface area contributed by atoms with Crippen LogP contribution in [0.2, 0.25) is 0 Å². The Balaban J connectivity index is 1.42. The summed E-state index contributed by atoms with van der Waals surface area (Å²) in [6.45, 7) is 1.56. The number of amides is 1. The van der Waals surface area contributed by atoms with Gasteiger partial charge in [0.2, 0.25) is 0 Å². The van der Waals surface area contributed by atoms with Gasteiger partial charge in [0.1, 0.15) is 36.5 Å². The monoisotopic (exact) mass is 577 g/mol. The molecule has 1 aliphatic carbocycles. The molecule has 216 valence electrons. The Kier molecular flexibility index (Phi) is 8.00. The quantitative estimate of drug-likeness (QED) is 0.117. The van der Waals surface area contributed by atoms with Gasteiger partial charge in [-0.3, -0.25) is 4.79 Å². The van der Waals surface area contributed by atoms with Crippen LogP contribution in [0.1, 0.15) is 62.7 Å². The van der Waals surface area contributed by atoms with Gasteiger partial charge in [-0.05, 0) is 64.2 Å². The Morgan fingerprint density at radius 2 is 1.50 bits per heavy atom. The van der Waals surface area contributed by atoms with E-state index in [2.05, 4.69) is 15.3 Å². The van der Waals surface area contributed by atoms with Crippen molar-refractivity contribution in [2.24, 2.45) is 10.9 Å². The van der Waals surface area contributed by atoms with Crippen molar-refractivity contribution in [1.82, 2.24) is 5.32 Å². The van der Waals surface area contributed by atoms with E-state index in [9.17, 15) is 22.4 Å². The number of rotatable bonds is 7. The number of amidine groups is 1. The minimum atomic E-state index is -0.897. The molecule has 1 aliphatic rings. The van der Waals surface area contributed by atoms with Crippen molar-refractivity contribution in [3.63, 3.8) is 0 Å². The molecule has 0 heterocycles. The second-order valence-electron chi connectivity index (χ2n) is 9.91. The average Bonchev–Trinajstić information content (AvgIpc) is 2.96. The number of ether oxygens (including phenoxy) is 1. The van der Waals surface area contributed by atoms with Crippen LogP contribution in [0.25, 0.3) is 11.1 Å². The lowest BCUT2D eigenvalue weighted by molar-refractivity contribution is 0.0949. The molecule has 3 N–H and O–H groups in total. The van der Waals surface area contributed by atoms with Gasteiger partial charge < -0.3 is 20.6 Å². The number of hydrogen-bond donors (Lipinski definition) is 2. The van der Waals surface area contributed by atoms with Crippen molar-refractivity contribution in [3.05, 3.63) is 129 Å². The summed E-state index contributed by atoms with van der Waals surface area (Å²) in [5.74, 6) is -4.06. The van der Waals surface area contributed by atoms with Gasteiger partial charge in [-0.1, -0.05) is 36.3 Å². The lowest BCUT2D eigenvalue weighted by atomic mass is 9.76. The predicted molar refractivity (Wildman–Crippen MR) is 150 cm³/mol. The molecule has 0 unspecified atom stereocenters. The fourth-order valence-corrected chi connectivity index (χ4v) is 5.34. The van der Waals surface area contributed by atoms with Crippen molar-refractivity contribution in [1.29, 1.82) is 0 Å². The van der Waals surface area contributed by atoms with E-state index in [1.807, 2.05) is 19.1 Å². The molecule has 6 nitrogen and oxygen atoms in total. The van der Waals surface area contributed by atoms with Crippen LogP contribution in [0.15, 0.2) is 71.9 Å². The molecule has 4 aromatic carbocycles. The average molecular weight is 578 g/mol. The highest BCUT2D eigenvalue weighted by Gasteiger charge is 2.31. The SMILES string of the molecule is CON=C(N)c1cc(F)c(CNC(=O)c2ccc3c(c2)[C@H](C)c2cc(-c4ccc(F)cc4F)ccc2[C@@H]3OC)c(F)c1. The largest absolute Gasteiger partial charge is 0.397 e. The van der Waals surface area contributed by atoms with Gasteiger partial charge in [-0.15, -0.1) is 0 Å². The van der Waals surface area contributed by atoms with Crippen molar-refractivity contribution in [2.45, 2.75) is 25.5 Å². The molecule has 5 rings (SSSR count). The minimum absolute atomic E-state index is 0.00361. The molecule has 42 heavy (non-hydrogen) atoms. The highest BCUT2D eigenvalue weighted by molar-refractivity contribution is 5.97. The van der Waals surface area contributed by atoms with Crippen LogP contribution < -0.4 is 11.1 Å². The molecule has 0 spiro atoms. The summed E-state index contributed by atoms with van der Waals surface area (Å²) < 4.78 is 63.2. The molecular weight excluding hydrogens is 550 g/mol. The molecule has 0 saturated heterocycles. The van der Waals surface area contributed by atoms with Gasteiger partial charge in [0.25, 0.3) is 5.91 Å². The van der Waals surface area contributed by atoms with E-state index in [-0.39, 0.29) is 34.0 Å². The number of benzene rings is 4. The Morgan fingerprint density at radius 1 is 0.833 bits per heavy atom. The van der Waals surface area contributed by atoms with Crippen LogP contribution in [0, 0.1) is 23.3 Å². The summed E-state index contributed by atoms with van der Waals surface area (Å²) in [5, 5.41) is 6.04. The highest BCUT2D eigenvalue weighted by atomic mass is 19.1. The number of fused-ring (bicyclic) bond motifs is 2. The molecule has 4 aromatic rings. The van der Waals surface area contributed by atoms with E-state index in [0.717, 1.165) is 40.5 Å². The van der Waals surface area contributed by atoms with Gasteiger partial charge in [0.15, 0.2) is 5.84 Å². The van der Waals surface area contributed by atoms with Crippen LogP contribution in [0.3, 0.4) is 0 Å². The normalized spacial score (nSPS) is 16.0. The molecule has 0 bridgehead atoms. The number of methoxy groups -OCH3 is 1. The Labute approximate surface area is 239 Å². The number of hydrogen-bond acceptors (Lipinski definition) is 4. The molecule has 2 atom stereocenters. The predicted octanol–water partition coefficient (Wildman–Crippen LogP) is 6.31. The van der Waals surface area contributed by atoms with Crippen LogP contribution >= 0.6 is 0 Å². The third kappa shape index (κ3) is 5.33. The Morgan fingerprint density at radius 3 is 2.14 bits per heavy atom. The first-order chi connectivity index (χ1) is 20.1. The van der Waals surface area contributed by atoms with Gasteiger partial charge in [0.05, 0.1) is 0 Å². The summed E-state index contributed by atoms with van der Waals surface area (Å²) in [6, 6.07) is 16.1. The minimum Gasteiger partial charge on any atom is -0.397 e. The molecular formula is C32H27F4N3O3. The van der Waals surface area contributed by atoms with E-state index in [0.29, 0.717) is 5.56 Å². The number of oxime groups is 1. The van der Waals surface area contributed by atoms with Crippen molar-refractivity contribution < 1.29 is 31.9 Å². The van der Waals surface area contributed by atoms with Crippen molar-refractivity contribution in [3.8, 4) is 11.1 Å². The Bertz CT molecular complexity index is 1700. The summed E-state index contributed by atoms with van der Waals surface area (Å²) in [5.41, 5.74) is 9.87. The molecule has 0 saturated carbocycles. The third-order valence-electron chi connectivity index (χ3n) is 7.46. The van der Waals surface area contributed by atoms with Crippen LogP contribution in [0.5, 0.6) is 0 Å². The number of nitrogens with one attached hydrogen (secondary N) is 1. The van der Waals surface area contributed by atoms with Crippen molar-refractivity contribution in [2.75, 3.05) is 14.2 Å². The van der Waals surface area contributed by atoms with E-state index in [1.54, 1.807) is 31.4 Å². The zero-order valence-corrected chi connectivity index (χ0v) is 23.0. The fourth-order valence-electron chi connectivity index (χ4n) is 5.34. The van der Waals surface area contributed by atoms with Gasteiger partial charge >= 0.3 is 0 Å². The van der Waals surface area contributed by atoms with Gasteiger partial charge in [-0.25, -0.2) is 17.6 Å². The summed E-state index contributed by atoms with van der Waals surface area (Å²) in [4.78, 5) is 17.6. The van der Waals surface area contributed by atoms with E-state index in [4.69, 9.17) is 10.5 Å². The summed E-state index contributed by atoms with van der Waals surface area (Å²) >= 11 is 0. The second kappa shape index (κ2) is 11.7. The molecule has 10 heteroatoms. The smallest absolute Gasteiger partial charge is 0.251 e. The molecule has 0 fully saturated rings. The van der Waals surface area contributed by atoms with Crippen LogP contribution in [-0.4, -0.2) is 26.0 Å². The Hall–Kier alpha value is -4.70. The summed E-state index contributed by atoms with van der Waals surface area (Å²) in [7, 11) is 2.83. The highest BCUT2D eigenvalue weighted by Crippen LogP contribution is 2.45. The fraction of sp³-hybridized carbons (Fsp3) is 0.188. The van der Waals surface area contributed by atoms with Gasteiger partial charge in [-0.2, -0.15) is 0 Å². The van der Waals surface area contributed by atoms with Crippen LogP contribution in [-0.2, 0) is 16.1 Å². The van der Waals surface area contributed by atoms with E-state index in [1.165, 1.54) is 19.2 Å². The second-order valence-corrected chi connectivity index (χ2v) is 9.91. The first-order valence-corrected chi connectivity index (χ1v) is 13.0. The maximum absolute atomic E-state index is 14.7. The number of nitrogens with two attached hydrogens (primary N) is 1. The lowest BCUT2D eigenvalue weighted by Gasteiger charge is -2.32. The lowest BCUT2D eigenvalue weighted by Crippen LogP contribution is -2.25. The number of carbonyl (C=O) groups excluding carboxylic acids is 1. The molecule has 0 aromatic heterocycles.